The second-order valence-corrected chi connectivity index (χ2v) is 6.86. The molecule has 0 radical (unpaired) electrons. The number of carboxylic acid groups (broad SMARTS) is 1. The summed E-state index contributed by atoms with van der Waals surface area (Å²) in [4.78, 5) is 30.7. The lowest BCUT2D eigenvalue weighted by molar-refractivity contribution is -0.150. The van der Waals surface area contributed by atoms with Crippen LogP contribution in [0.5, 0.6) is 0 Å². The molecule has 0 aromatic heterocycles. The number of amides is 1. The van der Waals surface area contributed by atoms with Crippen LogP contribution < -0.4 is 0 Å². The minimum absolute atomic E-state index is 0.113. The quantitative estimate of drug-likeness (QED) is 0.770. The van der Waals surface area contributed by atoms with E-state index in [4.69, 9.17) is 4.99 Å². The molecule has 1 fully saturated rings. The van der Waals surface area contributed by atoms with Gasteiger partial charge in [-0.05, 0) is 43.8 Å². The molecule has 0 bridgehead atoms. The Morgan fingerprint density at radius 3 is 2.32 bits per heavy atom. The van der Waals surface area contributed by atoms with Crippen molar-refractivity contribution in [1.29, 1.82) is 0 Å². The summed E-state index contributed by atoms with van der Waals surface area (Å²) in [6.07, 6.45) is 10.3. The van der Waals surface area contributed by atoms with E-state index in [1.165, 1.54) is 11.3 Å². The monoisotopic (exact) mass is 344 g/mol. The van der Waals surface area contributed by atoms with Crippen LogP contribution in [0, 0.1) is 0 Å². The van der Waals surface area contributed by atoms with Crippen LogP contribution in [0.2, 0.25) is 0 Å². The number of hydrogen-bond donors (Lipinski definition) is 1. The fourth-order valence-corrected chi connectivity index (χ4v) is 3.82. The Balaban J connectivity index is 2.53. The fraction of sp³-hybridized carbons (Fsp3) is 0.550. The SMILES string of the molecule is C=C/C(C)=C(\C=C)C1=NC2(CCCCCCC2)N(CC(=O)O)C(=O)C1. The molecule has 0 aromatic carbocycles. The van der Waals surface area contributed by atoms with E-state index in [1.54, 1.807) is 12.2 Å². The van der Waals surface area contributed by atoms with Crippen molar-refractivity contribution in [3.8, 4) is 0 Å². The first-order valence-electron chi connectivity index (χ1n) is 9.00. The van der Waals surface area contributed by atoms with Gasteiger partial charge in [0.2, 0.25) is 5.91 Å². The first kappa shape index (κ1) is 19.2. The molecule has 1 spiro atoms. The predicted molar refractivity (Wildman–Crippen MR) is 99.5 cm³/mol. The summed E-state index contributed by atoms with van der Waals surface area (Å²) in [6, 6.07) is 0. The van der Waals surface area contributed by atoms with Crippen LogP contribution in [0.1, 0.15) is 58.3 Å². The molecule has 0 saturated heterocycles. The molecule has 25 heavy (non-hydrogen) atoms. The van der Waals surface area contributed by atoms with Gasteiger partial charge in [0, 0.05) is 0 Å². The van der Waals surface area contributed by atoms with Crippen LogP contribution in [0.3, 0.4) is 0 Å². The Hall–Kier alpha value is -2.17. The van der Waals surface area contributed by atoms with Crippen LogP contribution >= 0.6 is 0 Å². The Morgan fingerprint density at radius 2 is 1.80 bits per heavy atom. The van der Waals surface area contributed by atoms with Gasteiger partial charge in [0.1, 0.15) is 12.2 Å². The van der Waals surface area contributed by atoms with Gasteiger partial charge in [-0.15, -0.1) is 0 Å². The molecule has 1 saturated carbocycles. The Labute approximate surface area is 149 Å². The van der Waals surface area contributed by atoms with Gasteiger partial charge in [0.25, 0.3) is 0 Å². The van der Waals surface area contributed by atoms with Crippen molar-refractivity contribution < 1.29 is 14.7 Å². The van der Waals surface area contributed by atoms with Crippen molar-refractivity contribution in [2.24, 2.45) is 4.99 Å². The fourth-order valence-electron chi connectivity index (χ4n) is 3.82. The number of nitrogens with zero attached hydrogens (tertiary/aromatic N) is 2. The molecule has 1 N–H and O–H groups in total. The molecule has 1 aliphatic carbocycles. The van der Waals surface area contributed by atoms with Crippen molar-refractivity contribution in [3.63, 3.8) is 0 Å². The molecule has 1 heterocycles. The van der Waals surface area contributed by atoms with E-state index < -0.39 is 11.6 Å². The van der Waals surface area contributed by atoms with Crippen LogP contribution in [0.25, 0.3) is 0 Å². The van der Waals surface area contributed by atoms with Gasteiger partial charge in [-0.3, -0.25) is 14.6 Å². The molecular formula is C20H28N2O3. The van der Waals surface area contributed by atoms with E-state index in [0.29, 0.717) is 18.6 Å². The van der Waals surface area contributed by atoms with Gasteiger partial charge >= 0.3 is 5.97 Å². The zero-order valence-electron chi connectivity index (χ0n) is 15.1. The number of allylic oxidation sites excluding steroid dienone is 4. The van der Waals surface area contributed by atoms with Crippen molar-refractivity contribution >= 4 is 17.6 Å². The van der Waals surface area contributed by atoms with Crippen LogP contribution in [0.15, 0.2) is 41.4 Å². The average molecular weight is 344 g/mol. The van der Waals surface area contributed by atoms with Crippen molar-refractivity contribution in [2.45, 2.75) is 64.0 Å². The van der Waals surface area contributed by atoms with E-state index in [9.17, 15) is 14.7 Å². The smallest absolute Gasteiger partial charge is 0.323 e. The minimum Gasteiger partial charge on any atom is -0.480 e. The highest BCUT2D eigenvalue weighted by Gasteiger charge is 2.44. The summed E-state index contributed by atoms with van der Waals surface area (Å²) >= 11 is 0. The molecular weight excluding hydrogens is 316 g/mol. The first-order valence-corrected chi connectivity index (χ1v) is 9.00. The molecule has 5 nitrogen and oxygen atoms in total. The molecule has 2 aliphatic rings. The molecule has 5 heteroatoms. The topological polar surface area (TPSA) is 70.0 Å². The molecule has 2 rings (SSSR count). The molecule has 0 unspecified atom stereocenters. The normalized spacial score (nSPS) is 21.7. The maximum atomic E-state index is 12.8. The van der Waals surface area contributed by atoms with E-state index in [1.807, 2.05) is 6.92 Å². The number of rotatable bonds is 5. The Kier molecular flexibility index (Phi) is 6.34. The van der Waals surface area contributed by atoms with Gasteiger partial charge in [-0.1, -0.05) is 44.6 Å². The molecule has 0 aromatic rings. The lowest BCUT2D eigenvalue weighted by atomic mass is 9.86. The van der Waals surface area contributed by atoms with E-state index in [2.05, 4.69) is 13.2 Å². The average Bonchev–Trinajstić information content (AvgIpc) is 2.54. The summed E-state index contributed by atoms with van der Waals surface area (Å²) in [5, 5.41) is 9.29. The Bertz CT molecular complexity index is 623. The number of carboxylic acids is 1. The lowest BCUT2D eigenvalue weighted by Crippen LogP contribution is -2.56. The van der Waals surface area contributed by atoms with Gasteiger partial charge in [-0.2, -0.15) is 0 Å². The highest BCUT2D eigenvalue weighted by atomic mass is 16.4. The highest BCUT2D eigenvalue weighted by molar-refractivity contribution is 6.14. The lowest BCUT2D eigenvalue weighted by Gasteiger charge is -2.45. The third-order valence-corrected chi connectivity index (χ3v) is 5.16. The number of carbonyl (C=O) groups is 2. The maximum absolute atomic E-state index is 12.8. The van der Waals surface area contributed by atoms with Crippen molar-refractivity contribution in [3.05, 3.63) is 36.5 Å². The van der Waals surface area contributed by atoms with Gasteiger partial charge < -0.3 is 10.0 Å². The van der Waals surface area contributed by atoms with Crippen LogP contribution in [-0.2, 0) is 9.59 Å². The summed E-state index contributed by atoms with van der Waals surface area (Å²) in [7, 11) is 0. The molecule has 1 amide bonds. The first-order chi connectivity index (χ1) is 11.9. The number of carbonyl (C=O) groups excluding carboxylic acids is 1. The third kappa shape index (κ3) is 4.27. The highest BCUT2D eigenvalue weighted by Crippen LogP contribution is 2.37. The standard InChI is InChI=1S/C20H28N2O3/c1-4-15(3)16(5-2)17-13-18(23)22(14-19(24)25)20(21-17)11-9-7-6-8-10-12-20/h4-5H,1-2,6-14H2,3H3,(H,24,25)/b16-15+. The number of hydrogen-bond acceptors (Lipinski definition) is 3. The van der Waals surface area contributed by atoms with Gasteiger partial charge in [-0.25, -0.2) is 0 Å². The van der Waals surface area contributed by atoms with Gasteiger partial charge in [0.05, 0.1) is 12.1 Å². The maximum Gasteiger partial charge on any atom is 0.323 e. The minimum atomic E-state index is -0.991. The summed E-state index contributed by atoms with van der Waals surface area (Å²) in [5.74, 6) is -1.15. The second kappa shape index (κ2) is 8.28. The summed E-state index contributed by atoms with van der Waals surface area (Å²) < 4.78 is 0. The molecule has 0 atom stereocenters. The summed E-state index contributed by atoms with van der Waals surface area (Å²) in [5.41, 5.74) is 1.73. The second-order valence-electron chi connectivity index (χ2n) is 6.86. The van der Waals surface area contributed by atoms with E-state index in [0.717, 1.165) is 36.8 Å². The van der Waals surface area contributed by atoms with Crippen LogP contribution in [0.4, 0.5) is 0 Å². The molecule has 1 aliphatic heterocycles. The largest absolute Gasteiger partial charge is 0.480 e. The summed E-state index contributed by atoms with van der Waals surface area (Å²) in [6.45, 7) is 9.29. The molecule has 136 valence electrons. The van der Waals surface area contributed by atoms with Gasteiger partial charge in [0.15, 0.2) is 0 Å². The number of aliphatic imine (C=N–C) groups is 1. The van der Waals surface area contributed by atoms with Crippen molar-refractivity contribution in [1.82, 2.24) is 4.90 Å². The van der Waals surface area contributed by atoms with Crippen LogP contribution in [-0.4, -0.2) is 39.8 Å². The zero-order valence-corrected chi connectivity index (χ0v) is 15.1. The van der Waals surface area contributed by atoms with E-state index in [-0.39, 0.29) is 18.9 Å². The Morgan fingerprint density at radius 1 is 1.20 bits per heavy atom. The zero-order chi connectivity index (χ0) is 18.4. The third-order valence-electron chi connectivity index (χ3n) is 5.16. The predicted octanol–water partition coefficient (Wildman–Crippen LogP) is 3.87. The van der Waals surface area contributed by atoms with E-state index >= 15 is 0 Å². The number of aliphatic carboxylic acids is 1. The van der Waals surface area contributed by atoms with Crippen molar-refractivity contribution in [2.75, 3.05) is 6.54 Å².